The molecule has 0 aromatic heterocycles. The number of hydrogen-bond donors (Lipinski definition) is 2. The Balaban J connectivity index is 1.79. The summed E-state index contributed by atoms with van der Waals surface area (Å²) in [6, 6.07) is 1.05. The van der Waals surface area contributed by atoms with Crippen molar-refractivity contribution in [2.45, 2.75) is 70.6 Å². The highest BCUT2D eigenvalue weighted by Gasteiger charge is 2.33. The first-order chi connectivity index (χ1) is 9.89. The number of nitrogens with zero attached hydrogens (tertiary/aromatic N) is 1. The van der Waals surface area contributed by atoms with E-state index in [-0.39, 0.29) is 12.7 Å². The van der Waals surface area contributed by atoms with E-state index in [0.29, 0.717) is 18.0 Å². The maximum Gasteiger partial charge on any atom is 0.410 e. The maximum absolute atomic E-state index is 12.1. The number of nitrogens with one attached hydrogen (secondary N) is 1. The molecule has 0 bridgehead atoms. The fraction of sp³-hybridized carbons (Fsp3) is 0.938. The van der Waals surface area contributed by atoms with Crippen LogP contribution >= 0.6 is 0 Å². The summed E-state index contributed by atoms with van der Waals surface area (Å²) in [4.78, 5) is 13.9. The maximum atomic E-state index is 12.1. The fourth-order valence-corrected chi connectivity index (χ4v) is 2.96. The highest BCUT2D eigenvalue weighted by atomic mass is 16.6. The van der Waals surface area contributed by atoms with E-state index < -0.39 is 5.60 Å². The SMILES string of the molecule is CC(C)(C)OC(=O)N1CCC([C@H](CCO)NC2CC2)CC1. The van der Waals surface area contributed by atoms with E-state index in [1.807, 2.05) is 25.7 Å². The zero-order valence-corrected chi connectivity index (χ0v) is 13.6. The van der Waals surface area contributed by atoms with Gasteiger partial charge in [-0.15, -0.1) is 0 Å². The van der Waals surface area contributed by atoms with E-state index in [4.69, 9.17) is 4.74 Å². The van der Waals surface area contributed by atoms with Crippen molar-refractivity contribution < 1.29 is 14.6 Å². The lowest BCUT2D eigenvalue weighted by molar-refractivity contribution is 0.0164. The number of likely N-dealkylation sites (tertiary alicyclic amines) is 1. The van der Waals surface area contributed by atoms with Crippen molar-refractivity contribution in [3.8, 4) is 0 Å². The minimum Gasteiger partial charge on any atom is -0.444 e. The summed E-state index contributed by atoms with van der Waals surface area (Å²) in [5.74, 6) is 0.552. The second-order valence-electron chi connectivity index (χ2n) is 7.36. The number of aliphatic hydroxyl groups excluding tert-OH is 1. The summed E-state index contributed by atoms with van der Waals surface area (Å²) < 4.78 is 5.43. The molecule has 2 fully saturated rings. The van der Waals surface area contributed by atoms with Crippen molar-refractivity contribution in [3.05, 3.63) is 0 Å². The van der Waals surface area contributed by atoms with Gasteiger partial charge in [-0.2, -0.15) is 0 Å². The van der Waals surface area contributed by atoms with Crippen molar-refractivity contribution >= 4 is 6.09 Å². The van der Waals surface area contributed by atoms with Gasteiger partial charge >= 0.3 is 6.09 Å². The Hall–Kier alpha value is -0.810. The topological polar surface area (TPSA) is 61.8 Å². The highest BCUT2D eigenvalue weighted by molar-refractivity contribution is 5.68. The lowest BCUT2D eigenvalue weighted by Gasteiger charge is -2.37. The molecular weight excluding hydrogens is 268 g/mol. The minimum atomic E-state index is -0.430. The molecule has 2 aliphatic rings. The summed E-state index contributed by atoms with van der Waals surface area (Å²) in [7, 11) is 0. The van der Waals surface area contributed by atoms with Gasteiger partial charge in [0, 0.05) is 31.8 Å². The van der Waals surface area contributed by atoms with Crippen LogP contribution in [0.25, 0.3) is 0 Å². The molecule has 0 unspecified atom stereocenters. The molecule has 1 heterocycles. The van der Waals surface area contributed by atoms with Crippen LogP contribution in [0.5, 0.6) is 0 Å². The van der Waals surface area contributed by atoms with Crippen molar-refractivity contribution in [1.82, 2.24) is 10.2 Å². The average Bonchev–Trinajstić information content (AvgIpc) is 3.20. The Kier molecular flexibility index (Phi) is 5.49. The Bertz CT molecular complexity index is 342. The third-order valence-corrected chi connectivity index (χ3v) is 4.23. The molecule has 1 atom stereocenters. The smallest absolute Gasteiger partial charge is 0.410 e. The highest BCUT2D eigenvalue weighted by Crippen LogP contribution is 2.27. The number of carbonyl (C=O) groups excluding carboxylic acids is 1. The summed E-state index contributed by atoms with van der Waals surface area (Å²) >= 11 is 0. The van der Waals surface area contributed by atoms with Gasteiger partial charge in [0.05, 0.1) is 0 Å². The van der Waals surface area contributed by atoms with Crippen LogP contribution in [0.1, 0.15) is 52.9 Å². The number of aliphatic hydroxyl groups is 1. The third-order valence-electron chi connectivity index (χ3n) is 4.23. The van der Waals surface area contributed by atoms with Crippen molar-refractivity contribution in [3.63, 3.8) is 0 Å². The molecule has 1 aliphatic carbocycles. The quantitative estimate of drug-likeness (QED) is 0.816. The first-order valence-electron chi connectivity index (χ1n) is 8.24. The Morgan fingerprint density at radius 2 is 1.90 bits per heavy atom. The van der Waals surface area contributed by atoms with Crippen LogP contribution in [0.2, 0.25) is 0 Å². The summed E-state index contributed by atoms with van der Waals surface area (Å²) in [6.45, 7) is 7.44. The molecule has 21 heavy (non-hydrogen) atoms. The molecule has 1 amide bonds. The normalized spacial score (nSPS) is 22.2. The third kappa shape index (κ3) is 5.47. The lowest BCUT2D eigenvalue weighted by atomic mass is 9.87. The van der Waals surface area contributed by atoms with Crippen LogP contribution in [0.3, 0.4) is 0 Å². The zero-order valence-electron chi connectivity index (χ0n) is 13.6. The fourth-order valence-electron chi connectivity index (χ4n) is 2.96. The molecule has 2 rings (SSSR count). The van der Waals surface area contributed by atoms with Crippen LogP contribution < -0.4 is 5.32 Å². The van der Waals surface area contributed by atoms with Crippen molar-refractivity contribution in [1.29, 1.82) is 0 Å². The predicted molar refractivity (Wildman–Crippen MR) is 82.2 cm³/mol. The number of ether oxygens (including phenoxy) is 1. The lowest BCUT2D eigenvalue weighted by Crippen LogP contribution is -2.47. The van der Waals surface area contributed by atoms with Gasteiger partial charge < -0.3 is 20.1 Å². The molecule has 5 heteroatoms. The summed E-state index contributed by atoms with van der Waals surface area (Å²) in [5, 5.41) is 12.9. The standard InChI is InChI=1S/C16H30N2O3/c1-16(2,3)21-15(20)18-9-6-12(7-10-18)14(8-11-19)17-13-4-5-13/h12-14,17,19H,4-11H2,1-3H3/t14-/m0/s1. The number of rotatable bonds is 5. The molecule has 0 aromatic carbocycles. The van der Waals surface area contributed by atoms with E-state index in [9.17, 15) is 9.90 Å². The summed E-state index contributed by atoms with van der Waals surface area (Å²) in [5.41, 5.74) is -0.430. The number of piperidine rings is 1. The van der Waals surface area contributed by atoms with Gasteiger partial charge in [-0.3, -0.25) is 0 Å². The van der Waals surface area contributed by atoms with Crippen LogP contribution in [0.4, 0.5) is 4.79 Å². The molecule has 1 saturated heterocycles. The molecule has 0 spiro atoms. The van der Waals surface area contributed by atoms with Gasteiger partial charge in [0.15, 0.2) is 0 Å². The van der Waals surface area contributed by atoms with Gasteiger partial charge in [0.2, 0.25) is 0 Å². The number of carbonyl (C=O) groups is 1. The van der Waals surface area contributed by atoms with E-state index in [2.05, 4.69) is 5.32 Å². The number of hydrogen-bond acceptors (Lipinski definition) is 4. The van der Waals surface area contributed by atoms with E-state index in [1.54, 1.807) is 0 Å². The van der Waals surface area contributed by atoms with Gasteiger partial charge in [0.1, 0.15) is 5.60 Å². The van der Waals surface area contributed by atoms with Gasteiger partial charge in [-0.05, 0) is 58.8 Å². The van der Waals surface area contributed by atoms with Gasteiger partial charge in [-0.1, -0.05) is 0 Å². The molecule has 5 nitrogen and oxygen atoms in total. The van der Waals surface area contributed by atoms with Gasteiger partial charge in [0.25, 0.3) is 0 Å². The van der Waals surface area contributed by atoms with Crippen molar-refractivity contribution in [2.24, 2.45) is 5.92 Å². The summed E-state index contributed by atoms with van der Waals surface area (Å²) in [6.07, 6.45) is 5.12. The molecule has 1 saturated carbocycles. The first-order valence-corrected chi connectivity index (χ1v) is 8.24. The van der Waals surface area contributed by atoms with Crippen LogP contribution in [0.15, 0.2) is 0 Å². The van der Waals surface area contributed by atoms with Crippen molar-refractivity contribution in [2.75, 3.05) is 19.7 Å². The monoisotopic (exact) mass is 298 g/mol. The molecule has 122 valence electrons. The Morgan fingerprint density at radius 3 is 2.38 bits per heavy atom. The van der Waals surface area contributed by atoms with E-state index >= 15 is 0 Å². The average molecular weight is 298 g/mol. The minimum absolute atomic E-state index is 0.199. The number of amides is 1. The first kappa shape index (κ1) is 16.6. The van der Waals surface area contributed by atoms with Crippen LogP contribution in [-0.2, 0) is 4.74 Å². The van der Waals surface area contributed by atoms with Gasteiger partial charge in [-0.25, -0.2) is 4.79 Å². The van der Waals surface area contributed by atoms with Crippen LogP contribution in [-0.4, -0.2) is 53.5 Å². The molecule has 0 aromatic rings. The molecular formula is C16H30N2O3. The molecule has 2 N–H and O–H groups in total. The second kappa shape index (κ2) is 6.97. The second-order valence-corrected chi connectivity index (χ2v) is 7.36. The van der Waals surface area contributed by atoms with E-state index in [0.717, 1.165) is 32.4 Å². The Morgan fingerprint density at radius 1 is 1.29 bits per heavy atom. The van der Waals surface area contributed by atoms with Crippen LogP contribution in [0, 0.1) is 5.92 Å². The molecule has 0 radical (unpaired) electrons. The predicted octanol–water partition coefficient (Wildman–Crippen LogP) is 2.14. The van der Waals surface area contributed by atoms with E-state index in [1.165, 1.54) is 12.8 Å². The Labute approximate surface area is 128 Å². The largest absolute Gasteiger partial charge is 0.444 e. The molecule has 1 aliphatic heterocycles. The zero-order chi connectivity index (χ0) is 15.5.